The van der Waals surface area contributed by atoms with Crippen LogP contribution in [0.5, 0.6) is 0 Å². The molecule has 86 valence electrons. The number of aromatic nitrogens is 1. The molecule has 0 saturated heterocycles. The average molecular weight is 218 g/mol. The van der Waals surface area contributed by atoms with Crippen molar-refractivity contribution in [3.8, 4) is 0 Å². The molecule has 3 nitrogen and oxygen atoms in total. The highest BCUT2D eigenvalue weighted by Crippen LogP contribution is 2.23. The molecule has 0 aromatic carbocycles. The molecule has 0 amide bonds. The molecular formula is C13H18N2O. The molecule has 0 unspecified atom stereocenters. The van der Waals surface area contributed by atoms with E-state index < -0.39 is 6.10 Å². The summed E-state index contributed by atoms with van der Waals surface area (Å²) < 4.78 is 0. The Morgan fingerprint density at radius 1 is 1.44 bits per heavy atom. The van der Waals surface area contributed by atoms with E-state index in [1.165, 1.54) is 0 Å². The average Bonchev–Trinajstić information content (AvgIpc) is 2.29. The molecule has 0 radical (unpaired) electrons. The van der Waals surface area contributed by atoms with Crippen molar-refractivity contribution in [3.05, 3.63) is 49.2 Å². The maximum absolute atomic E-state index is 9.67. The van der Waals surface area contributed by atoms with Crippen molar-refractivity contribution in [2.24, 2.45) is 0 Å². The highest BCUT2D eigenvalue weighted by molar-refractivity contribution is 5.48. The SMILES string of the molecule is C=CCN(CC=C)c1ncccc1[C@@H](C)O. The van der Waals surface area contributed by atoms with E-state index in [1.54, 1.807) is 13.1 Å². The van der Waals surface area contributed by atoms with Crippen LogP contribution in [0.4, 0.5) is 5.82 Å². The Kier molecular flexibility index (Phi) is 4.73. The molecule has 0 aliphatic heterocycles. The van der Waals surface area contributed by atoms with Crippen LogP contribution in [0.3, 0.4) is 0 Å². The molecule has 1 aromatic rings. The Hall–Kier alpha value is -1.61. The zero-order valence-electron chi connectivity index (χ0n) is 9.63. The van der Waals surface area contributed by atoms with E-state index in [2.05, 4.69) is 18.1 Å². The fourth-order valence-electron chi connectivity index (χ4n) is 1.56. The molecule has 1 rings (SSSR count). The summed E-state index contributed by atoms with van der Waals surface area (Å²) in [5.41, 5.74) is 0.825. The van der Waals surface area contributed by atoms with Gasteiger partial charge in [-0.05, 0) is 13.0 Å². The first-order chi connectivity index (χ1) is 7.70. The van der Waals surface area contributed by atoms with Crippen LogP contribution in [0.1, 0.15) is 18.6 Å². The van der Waals surface area contributed by atoms with Gasteiger partial charge in [0.2, 0.25) is 0 Å². The van der Waals surface area contributed by atoms with E-state index in [9.17, 15) is 5.11 Å². The topological polar surface area (TPSA) is 36.4 Å². The maximum atomic E-state index is 9.67. The minimum absolute atomic E-state index is 0.527. The summed E-state index contributed by atoms with van der Waals surface area (Å²) in [6.07, 6.45) is 4.81. The summed E-state index contributed by atoms with van der Waals surface area (Å²) in [5.74, 6) is 0.789. The number of anilines is 1. The summed E-state index contributed by atoms with van der Waals surface area (Å²) in [7, 11) is 0. The molecule has 0 aliphatic rings. The van der Waals surface area contributed by atoms with Crippen LogP contribution >= 0.6 is 0 Å². The minimum Gasteiger partial charge on any atom is -0.389 e. The number of hydrogen-bond acceptors (Lipinski definition) is 3. The van der Waals surface area contributed by atoms with Crippen LogP contribution in [0.15, 0.2) is 43.6 Å². The third-order valence-electron chi connectivity index (χ3n) is 2.27. The Morgan fingerprint density at radius 3 is 2.56 bits per heavy atom. The quantitative estimate of drug-likeness (QED) is 0.744. The molecule has 0 spiro atoms. The van der Waals surface area contributed by atoms with E-state index in [1.807, 2.05) is 29.2 Å². The first-order valence-corrected chi connectivity index (χ1v) is 5.30. The molecule has 1 aromatic heterocycles. The van der Waals surface area contributed by atoms with Gasteiger partial charge in [0.1, 0.15) is 5.82 Å². The molecule has 0 fully saturated rings. The molecule has 0 saturated carbocycles. The Morgan fingerprint density at radius 2 is 2.06 bits per heavy atom. The van der Waals surface area contributed by atoms with Crippen LogP contribution in [0.25, 0.3) is 0 Å². The van der Waals surface area contributed by atoms with Crippen LogP contribution in [-0.2, 0) is 0 Å². The molecule has 0 aliphatic carbocycles. The highest BCUT2D eigenvalue weighted by Gasteiger charge is 2.13. The highest BCUT2D eigenvalue weighted by atomic mass is 16.3. The normalized spacial score (nSPS) is 11.9. The van der Waals surface area contributed by atoms with Crippen LogP contribution in [0, 0.1) is 0 Å². The molecule has 16 heavy (non-hydrogen) atoms. The lowest BCUT2D eigenvalue weighted by atomic mass is 10.1. The molecule has 1 heterocycles. The summed E-state index contributed by atoms with van der Waals surface area (Å²) in [4.78, 5) is 6.32. The predicted molar refractivity (Wildman–Crippen MR) is 67.5 cm³/mol. The second-order valence-electron chi connectivity index (χ2n) is 3.57. The fraction of sp³-hybridized carbons (Fsp3) is 0.308. The molecule has 0 bridgehead atoms. The number of rotatable bonds is 6. The van der Waals surface area contributed by atoms with E-state index in [0.717, 1.165) is 11.4 Å². The summed E-state index contributed by atoms with van der Waals surface area (Å²) in [5, 5.41) is 9.67. The summed E-state index contributed by atoms with van der Waals surface area (Å²) in [6, 6.07) is 3.71. The number of pyridine rings is 1. The second kappa shape index (κ2) is 6.08. The van der Waals surface area contributed by atoms with Crippen molar-refractivity contribution >= 4 is 5.82 Å². The summed E-state index contributed by atoms with van der Waals surface area (Å²) in [6.45, 7) is 10.5. The van der Waals surface area contributed by atoms with E-state index in [-0.39, 0.29) is 0 Å². The zero-order valence-corrected chi connectivity index (χ0v) is 9.63. The van der Waals surface area contributed by atoms with Gasteiger partial charge in [-0.15, -0.1) is 13.2 Å². The van der Waals surface area contributed by atoms with E-state index in [4.69, 9.17) is 0 Å². The molecule has 1 atom stereocenters. The van der Waals surface area contributed by atoms with Crippen LogP contribution < -0.4 is 4.90 Å². The van der Waals surface area contributed by atoms with E-state index >= 15 is 0 Å². The maximum Gasteiger partial charge on any atom is 0.134 e. The fourth-order valence-corrected chi connectivity index (χ4v) is 1.56. The monoisotopic (exact) mass is 218 g/mol. The van der Waals surface area contributed by atoms with Gasteiger partial charge in [-0.25, -0.2) is 4.98 Å². The first-order valence-electron chi connectivity index (χ1n) is 5.30. The van der Waals surface area contributed by atoms with Crippen molar-refractivity contribution in [2.75, 3.05) is 18.0 Å². The van der Waals surface area contributed by atoms with Gasteiger partial charge in [0.15, 0.2) is 0 Å². The van der Waals surface area contributed by atoms with Crippen molar-refractivity contribution in [3.63, 3.8) is 0 Å². The van der Waals surface area contributed by atoms with Crippen LogP contribution in [-0.4, -0.2) is 23.2 Å². The van der Waals surface area contributed by atoms with Crippen molar-refractivity contribution < 1.29 is 5.11 Å². The Labute approximate surface area is 96.7 Å². The number of aliphatic hydroxyl groups is 1. The van der Waals surface area contributed by atoms with Gasteiger partial charge in [0.05, 0.1) is 6.10 Å². The first kappa shape index (κ1) is 12.5. The van der Waals surface area contributed by atoms with Gasteiger partial charge < -0.3 is 10.0 Å². The predicted octanol–water partition coefficient (Wildman–Crippen LogP) is 2.31. The lowest BCUT2D eigenvalue weighted by Crippen LogP contribution is -2.25. The van der Waals surface area contributed by atoms with Gasteiger partial charge in [-0.2, -0.15) is 0 Å². The van der Waals surface area contributed by atoms with Crippen molar-refractivity contribution in [1.82, 2.24) is 4.98 Å². The van der Waals surface area contributed by atoms with Gasteiger partial charge in [0.25, 0.3) is 0 Å². The number of nitrogens with zero attached hydrogens (tertiary/aromatic N) is 2. The number of aliphatic hydroxyl groups excluding tert-OH is 1. The molecule has 3 heteroatoms. The minimum atomic E-state index is -0.527. The smallest absolute Gasteiger partial charge is 0.134 e. The standard InChI is InChI=1S/C13H18N2O/c1-4-9-15(10-5-2)13-12(11(3)16)7-6-8-14-13/h4-8,11,16H,1-2,9-10H2,3H3/t11-/m1/s1. The lowest BCUT2D eigenvalue weighted by molar-refractivity contribution is 0.199. The lowest BCUT2D eigenvalue weighted by Gasteiger charge is -2.23. The van der Waals surface area contributed by atoms with Gasteiger partial charge in [-0.3, -0.25) is 0 Å². The molecule has 1 N–H and O–H groups in total. The molecular weight excluding hydrogens is 200 g/mol. The summed E-state index contributed by atoms with van der Waals surface area (Å²) >= 11 is 0. The van der Waals surface area contributed by atoms with Gasteiger partial charge in [0, 0.05) is 24.8 Å². The third kappa shape index (κ3) is 2.94. The number of hydrogen-bond donors (Lipinski definition) is 1. The van der Waals surface area contributed by atoms with Gasteiger partial charge >= 0.3 is 0 Å². The Balaban J connectivity index is 3.06. The van der Waals surface area contributed by atoms with Crippen molar-refractivity contribution in [2.45, 2.75) is 13.0 Å². The largest absolute Gasteiger partial charge is 0.389 e. The third-order valence-corrected chi connectivity index (χ3v) is 2.27. The zero-order chi connectivity index (χ0) is 12.0. The van der Waals surface area contributed by atoms with Gasteiger partial charge in [-0.1, -0.05) is 18.2 Å². The van der Waals surface area contributed by atoms with Crippen molar-refractivity contribution in [1.29, 1.82) is 0 Å². The van der Waals surface area contributed by atoms with Crippen LogP contribution in [0.2, 0.25) is 0 Å². The Bertz CT molecular complexity index is 351. The second-order valence-corrected chi connectivity index (χ2v) is 3.57. The van der Waals surface area contributed by atoms with E-state index in [0.29, 0.717) is 13.1 Å².